The molecule has 1 saturated carbocycles. The van der Waals surface area contributed by atoms with Crippen LogP contribution in [0.15, 0.2) is 30.3 Å². The van der Waals surface area contributed by atoms with Crippen molar-refractivity contribution in [1.29, 1.82) is 0 Å². The lowest BCUT2D eigenvalue weighted by molar-refractivity contribution is 0.102. The maximum Gasteiger partial charge on any atom is 0.200 e. The van der Waals surface area contributed by atoms with Crippen molar-refractivity contribution in [1.82, 2.24) is 0 Å². The Morgan fingerprint density at radius 3 is 1.57 bits per heavy atom. The van der Waals surface area contributed by atoms with E-state index < -0.39 is 40.4 Å². The molecule has 3 rings (SSSR count). The van der Waals surface area contributed by atoms with Crippen molar-refractivity contribution in [2.75, 3.05) is 0 Å². The molecule has 6 heteroatoms. The van der Waals surface area contributed by atoms with Crippen molar-refractivity contribution >= 4 is 5.78 Å². The largest absolute Gasteiger partial charge is 0.288 e. The van der Waals surface area contributed by atoms with Gasteiger partial charge in [-0.3, -0.25) is 4.79 Å². The summed E-state index contributed by atoms with van der Waals surface area (Å²) < 4.78 is 65.5. The van der Waals surface area contributed by atoms with E-state index in [4.69, 9.17) is 0 Å². The van der Waals surface area contributed by atoms with Crippen LogP contribution in [-0.4, -0.2) is 5.78 Å². The molecule has 1 fully saturated rings. The molecule has 0 unspecified atom stereocenters. The molecular weight excluding hydrogens is 399 g/mol. The van der Waals surface area contributed by atoms with Gasteiger partial charge in [0.2, 0.25) is 5.82 Å². The Labute approximate surface area is 175 Å². The minimum atomic E-state index is -2.29. The number of hydrogen-bond acceptors (Lipinski definition) is 1. The highest BCUT2D eigenvalue weighted by atomic mass is 19.2. The SMILES string of the molecule is CC.CC1CCCCCCC1.O=C(c1ccccc1)c1c(F)c(F)c(F)c(F)c1F. The lowest BCUT2D eigenvalue weighted by Crippen LogP contribution is -2.13. The van der Waals surface area contributed by atoms with E-state index in [1.165, 1.54) is 75.3 Å². The van der Waals surface area contributed by atoms with Gasteiger partial charge >= 0.3 is 0 Å². The van der Waals surface area contributed by atoms with Crippen molar-refractivity contribution in [3.63, 3.8) is 0 Å². The number of carbonyl (C=O) groups excluding carboxylic acids is 1. The maximum atomic E-state index is 13.4. The molecule has 0 aromatic heterocycles. The number of halogens is 5. The van der Waals surface area contributed by atoms with Gasteiger partial charge in [0.15, 0.2) is 29.1 Å². The molecule has 0 amide bonds. The van der Waals surface area contributed by atoms with Crippen molar-refractivity contribution in [2.45, 2.75) is 65.7 Å². The number of hydrogen-bond donors (Lipinski definition) is 0. The van der Waals surface area contributed by atoms with Gasteiger partial charge in [0.1, 0.15) is 5.56 Å². The van der Waals surface area contributed by atoms with E-state index in [1.807, 2.05) is 13.8 Å². The Balaban J connectivity index is 0.000000342. The van der Waals surface area contributed by atoms with Crippen LogP contribution < -0.4 is 0 Å². The van der Waals surface area contributed by atoms with E-state index in [9.17, 15) is 26.7 Å². The van der Waals surface area contributed by atoms with E-state index in [2.05, 4.69) is 6.92 Å². The monoisotopic (exact) mass is 428 g/mol. The predicted molar refractivity (Wildman–Crippen MR) is 109 cm³/mol. The third-order valence-corrected chi connectivity index (χ3v) is 4.87. The number of ketones is 1. The van der Waals surface area contributed by atoms with E-state index >= 15 is 0 Å². The molecule has 1 aliphatic rings. The first-order valence-electron chi connectivity index (χ1n) is 10.5. The molecule has 0 bridgehead atoms. The zero-order valence-corrected chi connectivity index (χ0v) is 17.7. The molecule has 0 saturated heterocycles. The fraction of sp³-hybridized carbons (Fsp3) is 0.458. The third-order valence-electron chi connectivity index (χ3n) is 4.87. The second-order valence-corrected chi connectivity index (χ2v) is 7.09. The van der Waals surface area contributed by atoms with Gasteiger partial charge in [-0.15, -0.1) is 0 Å². The average molecular weight is 428 g/mol. The molecule has 30 heavy (non-hydrogen) atoms. The summed E-state index contributed by atoms with van der Waals surface area (Å²) >= 11 is 0. The number of carbonyl (C=O) groups is 1. The number of rotatable bonds is 2. The summed E-state index contributed by atoms with van der Waals surface area (Å²) in [4.78, 5) is 11.8. The van der Waals surface area contributed by atoms with Crippen molar-refractivity contribution in [3.05, 3.63) is 70.5 Å². The van der Waals surface area contributed by atoms with Crippen LogP contribution in [0.4, 0.5) is 22.0 Å². The minimum Gasteiger partial charge on any atom is -0.288 e. The predicted octanol–water partition coefficient (Wildman–Crippen LogP) is 8.01. The van der Waals surface area contributed by atoms with Crippen LogP contribution in [0.5, 0.6) is 0 Å². The van der Waals surface area contributed by atoms with Gasteiger partial charge < -0.3 is 0 Å². The van der Waals surface area contributed by atoms with Crippen LogP contribution in [0.1, 0.15) is 81.6 Å². The molecule has 0 aliphatic heterocycles. The Morgan fingerprint density at radius 1 is 0.700 bits per heavy atom. The van der Waals surface area contributed by atoms with Crippen LogP contribution >= 0.6 is 0 Å². The molecule has 0 N–H and O–H groups in total. The van der Waals surface area contributed by atoms with Crippen molar-refractivity contribution in [2.24, 2.45) is 5.92 Å². The molecule has 2 aromatic rings. The van der Waals surface area contributed by atoms with Gasteiger partial charge in [-0.05, 0) is 5.92 Å². The van der Waals surface area contributed by atoms with Gasteiger partial charge in [-0.25, -0.2) is 22.0 Å². The Bertz CT molecular complexity index is 768. The van der Waals surface area contributed by atoms with Crippen LogP contribution in [-0.2, 0) is 0 Å². The van der Waals surface area contributed by atoms with Crippen LogP contribution in [0.2, 0.25) is 0 Å². The molecule has 1 nitrogen and oxygen atoms in total. The first-order chi connectivity index (χ1) is 14.3. The summed E-state index contributed by atoms with van der Waals surface area (Å²) in [5.74, 6) is -11.1. The van der Waals surface area contributed by atoms with Crippen LogP contribution in [0.25, 0.3) is 0 Å². The van der Waals surface area contributed by atoms with Gasteiger partial charge in [0.25, 0.3) is 0 Å². The van der Waals surface area contributed by atoms with Gasteiger partial charge in [-0.2, -0.15) is 0 Å². The molecule has 1 aliphatic carbocycles. The first-order valence-corrected chi connectivity index (χ1v) is 10.5. The average Bonchev–Trinajstić information content (AvgIpc) is 2.76. The normalized spacial score (nSPS) is 14.4. The van der Waals surface area contributed by atoms with Gasteiger partial charge in [0.05, 0.1) is 0 Å². The summed E-state index contributed by atoms with van der Waals surface area (Å²) in [5, 5.41) is 0. The molecular formula is C24H29F5O. The standard InChI is InChI=1S/C13H5F5O.C9H18.C2H6/c14-8-7(9(15)11(17)12(18)10(8)16)13(19)6-4-2-1-3-5-6;1-9-7-5-3-2-4-6-8-9;1-2/h1-5H;9H,2-8H2,1H3;1-2H3. The lowest BCUT2D eigenvalue weighted by atomic mass is 9.93. The molecule has 0 atom stereocenters. The van der Waals surface area contributed by atoms with Gasteiger partial charge in [-0.1, -0.05) is 96.0 Å². The highest BCUT2D eigenvalue weighted by Gasteiger charge is 2.30. The Kier molecular flexibility index (Phi) is 11.3. The highest BCUT2D eigenvalue weighted by molar-refractivity contribution is 6.09. The lowest BCUT2D eigenvalue weighted by Gasteiger charge is -2.13. The molecule has 0 radical (unpaired) electrons. The Hall–Kier alpha value is -2.24. The van der Waals surface area contributed by atoms with Gasteiger partial charge in [0, 0.05) is 5.56 Å². The zero-order valence-electron chi connectivity index (χ0n) is 17.7. The highest BCUT2D eigenvalue weighted by Crippen LogP contribution is 2.25. The smallest absolute Gasteiger partial charge is 0.200 e. The molecule has 2 aromatic carbocycles. The summed E-state index contributed by atoms with van der Waals surface area (Å²) in [6.45, 7) is 6.39. The van der Waals surface area contributed by atoms with E-state index in [-0.39, 0.29) is 5.56 Å². The van der Waals surface area contributed by atoms with Crippen LogP contribution in [0, 0.1) is 35.0 Å². The molecule has 0 spiro atoms. The fourth-order valence-electron chi connectivity index (χ4n) is 3.20. The Morgan fingerprint density at radius 2 is 1.10 bits per heavy atom. The van der Waals surface area contributed by atoms with Crippen LogP contribution in [0.3, 0.4) is 0 Å². The summed E-state index contributed by atoms with van der Waals surface area (Å²) in [7, 11) is 0. The zero-order chi connectivity index (χ0) is 22.7. The summed E-state index contributed by atoms with van der Waals surface area (Å²) in [6.07, 6.45) is 10.4. The van der Waals surface area contributed by atoms with E-state index in [1.54, 1.807) is 0 Å². The second-order valence-electron chi connectivity index (χ2n) is 7.09. The number of benzene rings is 2. The van der Waals surface area contributed by atoms with E-state index in [0.29, 0.717) is 0 Å². The second kappa shape index (κ2) is 13.1. The van der Waals surface area contributed by atoms with E-state index in [0.717, 1.165) is 5.92 Å². The third kappa shape index (κ3) is 6.92. The minimum absolute atomic E-state index is 0.175. The molecule has 166 valence electrons. The fourth-order valence-corrected chi connectivity index (χ4v) is 3.20. The maximum absolute atomic E-state index is 13.4. The first kappa shape index (κ1) is 25.8. The summed E-state index contributed by atoms with van der Waals surface area (Å²) in [6, 6.07) is 6.76. The summed E-state index contributed by atoms with van der Waals surface area (Å²) in [5.41, 5.74) is -1.63. The van der Waals surface area contributed by atoms with Crippen molar-refractivity contribution < 1.29 is 26.7 Å². The molecule has 0 heterocycles. The van der Waals surface area contributed by atoms with Crippen molar-refractivity contribution in [3.8, 4) is 0 Å². The quantitative estimate of drug-likeness (QED) is 0.205. The topological polar surface area (TPSA) is 17.1 Å².